The standard InChI is InChI=1S/C23H20BrFN2O4/c1-29-22-11-17(7-10-21(22)30-14-16-5-3-2-4-6-16)13-26-31-15-23(28)27-20-9-8-18(24)12-19(20)25/h2-13H,14-15H2,1H3,(H,27,28)/b26-13+. The fourth-order valence-corrected chi connectivity index (χ4v) is 2.92. The highest BCUT2D eigenvalue weighted by Crippen LogP contribution is 2.28. The van der Waals surface area contributed by atoms with Crippen molar-refractivity contribution in [3.63, 3.8) is 0 Å². The minimum absolute atomic E-state index is 0.0663. The zero-order chi connectivity index (χ0) is 22.1. The minimum Gasteiger partial charge on any atom is -0.493 e. The number of amides is 1. The Hall–Kier alpha value is -3.39. The Bertz CT molecular complexity index is 1060. The Morgan fingerprint density at radius 3 is 2.65 bits per heavy atom. The maximum Gasteiger partial charge on any atom is 0.265 e. The van der Waals surface area contributed by atoms with Crippen molar-refractivity contribution in [2.75, 3.05) is 19.0 Å². The van der Waals surface area contributed by atoms with E-state index < -0.39 is 11.7 Å². The molecule has 0 aliphatic carbocycles. The normalized spacial score (nSPS) is 10.7. The molecule has 0 aliphatic heterocycles. The number of carbonyl (C=O) groups is 1. The van der Waals surface area contributed by atoms with Gasteiger partial charge in [0.05, 0.1) is 19.0 Å². The fraction of sp³-hybridized carbons (Fsp3) is 0.130. The lowest BCUT2D eigenvalue weighted by molar-refractivity contribution is -0.120. The second-order valence-electron chi connectivity index (χ2n) is 6.36. The van der Waals surface area contributed by atoms with Crippen LogP contribution in [0.1, 0.15) is 11.1 Å². The summed E-state index contributed by atoms with van der Waals surface area (Å²) in [5.41, 5.74) is 1.81. The van der Waals surface area contributed by atoms with Gasteiger partial charge < -0.3 is 19.6 Å². The average molecular weight is 487 g/mol. The van der Waals surface area contributed by atoms with Gasteiger partial charge in [0.15, 0.2) is 18.1 Å². The number of nitrogens with one attached hydrogen (secondary N) is 1. The third kappa shape index (κ3) is 6.82. The molecule has 3 aromatic carbocycles. The van der Waals surface area contributed by atoms with Crippen LogP contribution < -0.4 is 14.8 Å². The van der Waals surface area contributed by atoms with Crippen LogP contribution in [-0.4, -0.2) is 25.8 Å². The first-order valence-electron chi connectivity index (χ1n) is 9.30. The molecule has 3 aromatic rings. The predicted molar refractivity (Wildman–Crippen MR) is 120 cm³/mol. The number of benzene rings is 3. The van der Waals surface area contributed by atoms with Crippen LogP contribution in [0.2, 0.25) is 0 Å². The number of nitrogens with zero attached hydrogens (tertiary/aromatic N) is 1. The molecule has 8 heteroatoms. The number of oxime groups is 1. The molecule has 0 aromatic heterocycles. The molecule has 0 heterocycles. The molecule has 0 saturated heterocycles. The SMILES string of the molecule is COc1cc(/C=N/OCC(=O)Nc2ccc(Br)cc2F)ccc1OCc1ccccc1. The van der Waals surface area contributed by atoms with Gasteiger partial charge in [0.1, 0.15) is 12.4 Å². The van der Waals surface area contributed by atoms with Gasteiger partial charge in [-0.1, -0.05) is 51.4 Å². The lowest BCUT2D eigenvalue weighted by Crippen LogP contribution is -2.17. The van der Waals surface area contributed by atoms with Crippen LogP contribution in [0.3, 0.4) is 0 Å². The lowest BCUT2D eigenvalue weighted by Gasteiger charge is -2.11. The van der Waals surface area contributed by atoms with Gasteiger partial charge in [-0.25, -0.2) is 4.39 Å². The van der Waals surface area contributed by atoms with Crippen molar-refractivity contribution in [1.29, 1.82) is 0 Å². The van der Waals surface area contributed by atoms with E-state index in [1.165, 1.54) is 18.3 Å². The molecule has 1 amide bonds. The Balaban J connectivity index is 1.51. The van der Waals surface area contributed by atoms with Gasteiger partial charge in [0.2, 0.25) is 0 Å². The van der Waals surface area contributed by atoms with Gasteiger partial charge >= 0.3 is 0 Å². The highest BCUT2D eigenvalue weighted by Gasteiger charge is 2.08. The van der Waals surface area contributed by atoms with E-state index in [4.69, 9.17) is 14.3 Å². The quantitative estimate of drug-likeness (QED) is 0.334. The van der Waals surface area contributed by atoms with Gasteiger partial charge in [0.25, 0.3) is 5.91 Å². The van der Waals surface area contributed by atoms with Crippen molar-refractivity contribution >= 4 is 33.7 Å². The molecule has 6 nitrogen and oxygen atoms in total. The monoisotopic (exact) mass is 486 g/mol. The molecule has 0 fully saturated rings. The topological polar surface area (TPSA) is 69.2 Å². The van der Waals surface area contributed by atoms with E-state index in [0.29, 0.717) is 28.1 Å². The Kier molecular flexibility index (Phi) is 8.00. The molecule has 0 spiro atoms. The van der Waals surface area contributed by atoms with Crippen LogP contribution in [0.25, 0.3) is 0 Å². The number of ether oxygens (including phenoxy) is 2. The van der Waals surface area contributed by atoms with Gasteiger partial charge in [-0.2, -0.15) is 0 Å². The van der Waals surface area contributed by atoms with E-state index in [-0.39, 0.29) is 12.3 Å². The summed E-state index contributed by atoms with van der Waals surface area (Å²) in [5.74, 6) is 0.0668. The lowest BCUT2D eigenvalue weighted by atomic mass is 10.2. The average Bonchev–Trinajstić information content (AvgIpc) is 2.78. The van der Waals surface area contributed by atoms with Crippen molar-refractivity contribution in [1.82, 2.24) is 0 Å². The number of carbonyl (C=O) groups excluding carboxylic acids is 1. The van der Waals surface area contributed by atoms with E-state index >= 15 is 0 Å². The molecular weight excluding hydrogens is 467 g/mol. The maximum absolute atomic E-state index is 13.7. The first-order valence-corrected chi connectivity index (χ1v) is 10.1. The largest absolute Gasteiger partial charge is 0.493 e. The van der Waals surface area contributed by atoms with Crippen LogP contribution in [-0.2, 0) is 16.2 Å². The van der Waals surface area contributed by atoms with E-state index in [2.05, 4.69) is 26.4 Å². The third-order valence-electron chi connectivity index (χ3n) is 4.10. The van der Waals surface area contributed by atoms with E-state index in [9.17, 15) is 9.18 Å². The highest BCUT2D eigenvalue weighted by atomic mass is 79.9. The summed E-state index contributed by atoms with van der Waals surface area (Å²) in [5, 5.41) is 6.19. The molecule has 0 atom stereocenters. The smallest absolute Gasteiger partial charge is 0.265 e. The van der Waals surface area contributed by atoms with Crippen LogP contribution >= 0.6 is 15.9 Å². The first kappa shape index (κ1) is 22.3. The van der Waals surface area contributed by atoms with E-state index in [0.717, 1.165) is 5.56 Å². The third-order valence-corrected chi connectivity index (χ3v) is 4.60. The Morgan fingerprint density at radius 2 is 1.90 bits per heavy atom. The summed E-state index contributed by atoms with van der Waals surface area (Å²) >= 11 is 3.16. The van der Waals surface area contributed by atoms with Crippen LogP contribution in [0.15, 0.2) is 76.4 Å². The molecule has 0 unspecified atom stereocenters. The van der Waals surface area contributed by atoms with Gasteiger partial charge in [-0.3, -0.25) is 4.79 Å². The van der Waals surface area contributed by atoms with Crippen molar-refractivity contribution in [2.24, 2.45) is 5.16 Å². The number of rotatable bonds is 9. The number of methoxy groups -OCH3 is 1. The molecule has 0 radical (unpaired) electrons. The highest BCUT2D eigenvalue weighted by molar-refractivity contribution is 9.10. The summed E-state index contributed by atoms with van der Waals surface area (Å²) in [6.45, 7) is 0.0588. The van der Waals surface area contributed by atoms with E-state index in [1.54, 1.807) is 31.4 Å². The van der Waals surface area contributed by atoms with Crippen molar-refractivity contribution in [2.45, 2.75) is 6.61 Å². The molecule has 1 N–H and O–H groups in total. The van der Waals surface area contributed by atoms with Crippen LogP contribution in [0, 0.1) is 5.82 Å². The zero-order valence-electron chi connectivity index (χ0n) is 16.7. The summed E-state index contributed by atoms with van der Waals surface area (Å²) < 4.78 is 25.5. The van der Waals surface area contributed by atoms with Crippen LogP contribution in [0.4, 0.5) is 10.1 Å². The zero-order valence-corrected chi connectivity index (χ0v) is 18.3. The molecule has 0 saturated carbocycles. The second kappa shape index (κ2) is 11.1. The van der Waals surface area contributed by atoms with Crippen LogP contribution in [0.5, 0.6) is 11.5 Å². The van der Waals surface area contributed by atoms with Crippen molar-refractivity contribution < 1.29 is 23.5 Å². The number of halogens is 2. The molecule has 0 aliphatic rings. The Labute approximate surface area is 187 Å². The number of anilines is 1. The van der Waals surface area contributed by atoms with Gasteiger partial charge in [-0.05, 0) is 42.0 Å². The Morgan fingerprint density at radius 1 is 1.10 bits per heavy atom. The first-order chi connectivity index (χ1) is 15.0. The molecular formula is C23H20BrFN2O4. The summed E-state index contributed by atoms with van der Waals surface area (Å²) in [6.07, 6.45) is 1.44. The maximum atomic E-state index is 13.7. The fourth-order valence-electron chi connectivity index (χ4n) is 2.59. The number of hydrogen-bond acceptors (Lipinski definition) is 5. The summed E-state index contributed by atoms with van der Waals surface area (Å²) in [7, 11) is 1.55. The molecule has 3 rings (SSSR count). The molecule has 31 heavy (non-hydrogen) atoms. The van der Waals surface area contributed by atoms with Gasteiger partial charge in [0, 0.05) is 10.0 Å². The molecule has 0 bridgehead atoms. The predicted octanol–water partition coefficient (Wildman–Crippen LogP) is 5.17. The summed E-state index contributed by atoms with van der Waals surface area (Å²) in [4.78, 5) is 16.9. The van der Waals surface area contributed by atoms with Crippen molar-refractivity contribution in [3.8, 4) is 11.5 Å². The number of hydrogen-bond donors (Lipinski definition) is 1. The van der Waals surface area contributed by atoms with Crippen molar-refractivity contribution in [3.05, 3.63) is 88.1 Å². The molecule has 160 valence electrons. The van der Waals surface area contributed by atoms with Gasteiger partial charge in [-0.15, -0.1) is 0 Å². The second-order valence-corrected chi connectivity index (χ2v) is 7.28. The minimum atomic E-state index is -0.548. The summed E-state index contributed by atoms with van der Waals surface area (Å²) in [6, 6.07) is 19.4. The van der Waals surface area contributed by atoms with E-state index in [1.807, 2.05) is 30.3 Å².